The number of aromatic nitrogens is 1. The summed E-state index contributed by atoms with van der Waals surface area (Å²) in [5, 5.41) is 38.3. The Kier molecular flexibility index (Phi) is 5.72. The average Bonchev–Trinajstić information content (AvgIpc) is 3.72. The second-order valence-electron chi connectivity index (χ2n) is 10.5. The molecule has 4 aliphatic rings. The van der Waals surface area contributed by atoms with Crippen molar-refractivity contribution in [2.24, 2.45) is 5.16 Å². The predicted molar refractivity (Wildman–Crippen MR) is 161 cm³/mol. The number of phenols is 1. The van der Waals surface area contributed by atoms with Crippen LogP contribution in [0, 0.1) is 10.4 Å². The highest BCUT2D eigenvalue weighted by Gasteiger charge is 2.54. The minimum absolute atomic E-state index is 0.0615. The van der Waals surface area contributed by atoms with Gasteiger partial charge in [0.1, 0.15) is 29.8 Å². The van der Waals surface area contributed by atoms with Gasteiger partial charge in [0.15, 0.2) is 11.2 Å². The molecule has 12 nitrogen and oxygen atoms in total. The second kappa shape index (κ2) is 9.22. The van der Waals surface area contributed by atoms with Crippen molar-refractivity contribution >= 4 is 39.8 Å². The zero-order valence-corrected chi connectivity index (χ0v) is 23.7. The lowest BCUT2D eigenvalue weighted by Crippen LogP contribution is -2.51. The van der Waals surface area contributed by atoms with E-state index in [0.717, 1.165) is 13.2 Å². The number of nitrogens with zero attached hydrogens (tertiary/aromatic N) is 1. The van der Waals surface area contributed by atoms with Gasteiger partial charge in [-0.2, -0.15) is 0 Å². The van der Waals surface area contributed by atoms with E-state index < -0.39 is 76.6 Å². The Labute approximate surface area is 247 Å². The molecule has 0 saturated carbocycles. The highest BCUT2D eigenvalue weighted by atomic mass is 32.1. The quantitative estimate of drug-likeness (QED) is 0.161. The number of phenolic OH excluding ortho intramolecular Hbond substituents is 1. The topological polar surface area (TPSA) is 193 Å². The molecule has 0 radical (unpaired) electrons. The zero-order chi connectivity index (χ0) is 31.2. The van der Waals surface area contributed by atoms with E-state index in [-0.39, 0.29) is 29.5 Å². The molecule has 0 saturated heterocycles. The van der Waals surface area contributed by atoms with Crippen LogP contribution >= 0.6 is 11.3 Å². The van der Waals surface area contributed by atoms with Crippen LogP contribution in [0.15, 0.2) is 58.8 Å². The highest BCUT2D eigenvalue weighted by Crippen LogP contribution is 2.57. The standard InChI is InChI=1S/C31H20N2O10S/c1-42-15-9-14(34)19-20(24(15)35)26(37)22-21(25(19)36)28(39)31(29(22)40)6-5-12-17(16-4-3-7-44-16)13-8-11(10-32-43-2)33-30(41)18(13)27(38)23(12)31/h3-4,7-10,38-40H,5-6H2,1-2H3,(H,33,41)/t31-/m0/s1. The summed E-state index contributed by atoms with van der Waals surface area (Å²) in [4.78, 5) is 74.9. The summed E-state index contributed by atoms with van der Waals surface area (Å²) < 4.78 is 4.93. The van der Waals surface area contributed by atoms with Gasteiger partial charge in [-0.3, -0.25) is 24.0 Å². The first kappa shape index (κ1) is 27.3. The van der Waals surface area contributed by atoms with Crippen LogP contribution in [0.5, 0.6) is 11.5 Å². The van der Waals surface area contributed by atoms with Gasteiger partial charge in [0.05, 0.1) is 45.3 Å². The maximum absolute atomic E-state index is 13.8. The van der Waals surface area contributed by atoms with E-state index in [1.807, 2.05) is 5.38 Å². The van der Waals surface area contributed by atoms with Crippen LogP contribution in [0.1, 0.15) is 23.2 Å². The summed E-state index contributed by atoms with van der Waals surface area (Å²) in [6, 6.07) is 5.99. The number of rotatable bonds is 4. The van der Waals surface area contributed by atoms with Crippen molar-refractivity contribution in [1.29, 1.82) is 0 Å². The van der Waals surface area contributed by atoms with Gasteiger partial charge in [-0.05, 0) is 35.9 Å². The zero-order valence-electron chi connectivity index (χ0n) is 22.9. The van der Waals surface area contributed by atoms with Gasteiger partial charge in [0.25, 0.3) is 5.56 Å². The Bertz CT molecular complexity index is 2620. The van der Waals surface area contributed by atoms with Crippen LogP contribution < -0.4 is 42.4 Å². The number of thiophene rings is 1. The molecule has 0 amide bonds. The van der Waals surface area contributed by atoms with Crippen LogP contribution in [0.4, 0.5) is 0 Å². The third-order valence-corrected chi connectivity index (χ3v) is 9.40. The van der Waals surface area contributed by atoms with Crippen LogP contribution in [-0.4, -0.2) is 40.7 Å². The number of oxime groups is 1. The fraction of sp³-hybridized carbons (Fsp3) is 0.161. The first-order chi connectivity index (χ1) is 21.1. The summed E-state index contributed by atoms with van der Waals surface area (Å²) in [5.74, 6) is -2.56. The fourth-order valence-electron chi connectivity index (χ4n) is 6.75. The van der Waals surface area contributed by atoms with Gasteiger partial charge in [0, 0.05) is 27.5 Å². The second-order valence-corrected chi connectivity index (χ2v) is 11.4. The number of methoxy groups -OCH3 is 1. The predicted octanol–water partition coefficient (Wildman–Crippen LogP) is 0.222. The Morgan fingerprint density at radius 1 is 0.955 bits per heavy atom. The number of hydrogen-bond donors (Lipinski definition) is 4. The van der Waals surface area contributed by atoms with Crippen molar-refractivity contribution in [2.45, 2.75) is 18.3 Å². The number of fused-ring (bicyclic) bond motifs is 4. The fourth-order valence-corrected chi connectivity index (χ4v) is 7.56. The molecule has 0 fully saturated rings. The van der Waals surface area contributed by atoms with Gasteiger partial charge in [-0.15, -0.1) is 11.3 Å². The number of nitrogens with one attached hydrogen (secondary N) is 1. The number of aromatic hydroxyl groups is 1. The Morgan fingerprint density at radius 2 is 1.66 bits per heavy atom. The highest BCUT2D eigenvalue weighted by molar-refractivity contribution is 7.13. The van der Waals surface area contributed by atoms with Crippen molar-refractivity contribution in [3.63, 3.8) is 0 Å². The van der Waals surface area contributed by atoms with Gasteiger partial charge in [-0.25, -0.2) is 0 Å². The largest absolute Gasteiger partial charge is 0.510 e. The minimum atomic E-state index is -2.02. The van der Waals surface area contributed by atoms with E-state index in [0.29, 0.717) is 21.4 Å². The van der Waals surface area contributed by atoms with E-state index in [4.69, 9.17) is 9.57 Å². The third-order valence-electron chi connectivity index (χ3n) is 8.51. The number of ether oxygens (including phenoxy) is 1. The number of aliphatic hydroxyl groups is 2. The number of aliphatic hydroxyl groups excluding tert-OH is 2. The van der Waals surface area contributed by atoms with E-state index >= 15 is 0 Å². The molecule has 4 aliphatic carbocycles. The summed E-state index contributed by atoms with van der Waals surface area (Å²) in [5.41, 5.74) is -5.74. The first-order valence-corrected chi connectivity index (χ1v) is 14.1. The van der Waals surface area contributed by atoms with Gasteiger partial charge < -0.3 is 29.9 Å². The van der Waals surface area contributed by atoms with Crippen LogP contribution in [0.3, 0.4) is 0 Å². The molecule has 7 rings (SSSR count). The molecule has 2 heterocycles. The van der Waals surface area contributed by atoms with Crippen molar-refractivity contribution in [3.05, 3.63) is 119 Å². The Balaban J connectivity index is 1.69. The molecule has 0 unspecified atom stereocenters. The molecule has 13 heteroatoms. The lowest BCUT2D eigenvalue weighted by Gasteiger charge is -2.27. The number of pyridine rings is 1. The van der Waals surface area contributed by atoms with Gasteiger partial charge in [-0.1, -0.05) is 11.2 Å². The Hall–Kier alpha value is -5.56. The van der Waals surface area contributed by atoms with Crippen LogP contribution in [0.2, 0.25) is 0 Å². The maximum atomic E-state index is 13.8. The molecule has 2 aromatic heterocycles. The van der Waals surface area contributed by atoms with Crippen LogP contribution in [0.25, 0.3) is 32.7 Å². The summed E-state index contributed by atoms with van der Waals surface area (Å²) >= 11 is 1.35. The van der Waals surface area contributed by atoms with Crippen LogP contribution in [-0.2, 0) is 16.7 Å². The smallest absolute Gasteiger partial charge is 0.260 e. The monoisotopic (exact) mass is 612 g/mol. The summed E-state index contributed by atoms with van der Waals surface area (Å²) in [6.45, 7) is 0. The lowest BCUT2D eigenvalue weighted by atomic mass is 9.77. The molecule has 0 aliphatic heterocycles. The molecule has 220 valence electrons. The van der Waals surface area contributed by atoms with Crippen molar-refractivity contribution in [3.8, 4) is 21.9 Å². The molecular weight excluding hydrogens is 592 g/mol. The molecule has 0 bridgehead atoms. The first-order valence-electron chi connectivity index (χ1n) is 13.2. The molecule has 4 N–H and O–H groups in total. The lowest BCUT2D eigenvalue weighted by molar-refractivity contribution is 0.215. The minimum Gasteiger partial charge on any atom is -0.510 e. The molecule has 1 spiro atoms. The molecular formula is C31H20N2O10S. The Morgan fingerprint density at radius 3 is 2.30 bits per heavy atom. The number of benzene rings is 1. The molecule has 1 atom stereocenters. The average molecular weight is 613 g/mol. The number of hydrogen-bond acceptors (Lipinski definition) is 12. The SMILES string of the molecule is CON=Cc1cc2c(-c3cccs3)c3c(c(O)c2c(=O)[nH]1)[C@@]1(CC3)C(O)=c2c(=O)c3c(=O)cc(OC)c(=O)c=3c(=O)c2=C1O. The molecule has 3 aromatic rings. The summed E-state index contributed by atoms with van der Waals surface area (Å²) in [7, 11) is 2.46. The molecule has 1 aromatic carbocycles. The number of H-pyrrole nitrogens is 1. The molecule has 44 heavy (non-hydrogen) atoms. The van der Waals surface area contributed by atoms with Gasteiger partial charge in [0.2, 0.25) is 16.3 Å². The van der Waals surface area contributed by atoms with E-state index in [1.54, 1.807) is 18.2 Å². The van der Waals surface area contributed by atoms with E-state index in [9.17, 15) is 39.3 Å². The van der Waals surface area contributed by atoms with Crippen molar-refractivity contribution < 1.29 is 24.9 Å². The summed E-state index contributed by atoms with van der Waals surface area (Å²) in [6.07, 6.45) is 1.31. The van der Waals surface area contributed by atoms with Crippen molar-refractivity contribution in [1.82, 2.24) is 4.98 Å². The third kappa shape index (κ3) is 3.21. The van der Waals surface area contributed by atoms with Gasteiger partial charge >= 0.3 is 0 Å². The van der Waals surface area contributed by atoms with E-state index in [2.05, 4.69) is 10.1 Å². The van der Waals surface area contributed by atoms with Crippen molar-refractivity contribution in [2.75, 3.05) is 14.2 Å². The number of aromatic amines is 1. The van der Waals surface area contributed by atoms with E-state index in [1.165, 1.54) is 24.7 Å². The maximum Gasteiger partial charge on any atom is 0.260 e. The normalized spacial score (nSPS) is 17.3.